The number of H-pyrrole nitrogens is 1. The van der Waals surface area contributed by atoms with Crippen molar-refractivity contribution in [1.29, 1.82) is 0 Å². The largest absolute Gasteiger partial charge is 0.440 e. The Hall–Kier alpha value is -2.11. The monoisotopic (exact) mass is 352 g/mol. The second-order valence-corrected chi connectivity index (χ2v) is 7.04. The van der Waals surface area contributed by atoms with E-state index in [-0.39, 0.29) is 0 Å². The summed E-state index contributed by atoms with van der Waals surface area (Å²) in [6.45, 7) is 2.06. The molecular formula is C19H16N2OS2. The third kappa shape index (κ3) is 2.64. The van der Waals surface area contributed by atoms with E-state index < -0.39 is 0 Å². The molecule has 3 aromatic rings. The highest BCUT2D eigenvalue weighted by molar-refractivity contribution is 7.98. The zero-order valence-corrected chi connectivity index (χ0v) is 15.1. The van der Waals surface area contributed by atoms with Crippen LogP contribution >= 0.6 is 24.0 Å². The molecule has 1 aliphatic rings. The predicted molar refractivity (Wildman–Crippen MR) is 101 cm³/mol. The maximum Gasteiger partial charge on any atom is 0.205 e. The fraction of sp³-hybridized carbons (Fsp3) is 0.158. The highest BCUT2D eigenvalue weighted by atomic mass is 32.2. The van der Waals surface area contributed by atoms with Crippen molar-refractivity contribution < 1.29 is 4.74 Å². The lowest BCUT2D eigenvalue weighted by atomic mass is 10.0. The quantitative estimate of drug-likeness (QED) is 0.380. The molecule has 1 aliphatic heterocycles. The molecule has 0 spiro atoms. The minimum atomic E-state index is 0.597. The molecule has 2 heterocycles. The summed E-state index contributed by atoms with van der Waals surface area (Å²) in [7, 11) is 0. The van der Waals surface area contributed by atoms with Gasteiger partial charge < -0.3 is 9.72 Å². The molecule has 0 bridgehead atoms. The van der Waals surface area contributed by atoms with E-state index in [0.717, 1.165) is 40.2 Å². The van der Waals surface area contributed by atoms with E-state index in [0.29, 0.717) is 10.5 Å². The summed E-state index contributed by atoms with van der Waals surface area (Å²) in [6, 6.07) is 14.4. The van der Waals surface area contributed by atoms with E-state index in [2.05, 4.69) is 47.4 Å². The van der Waals surface area contributed by atoms with Gasteiger partial charge in [0.05, 0.1) is 5.56 Å². The minimum Gasteiger partial charge on any atom is -0.440 e. The Morgan fingerprint density at radius 2 is 1.96 bits per heavy atom. The predicted octanol–water partition coefficient (Wildman–Crippen LogP) is 5.53. The van der Waals surface area contributed by atoms with Crippen molar-refractivity contribution >= 4 is 24.0 Å². The Balaban J connectivity index is 1.79. The summed E-state index contributed by atoms with van der Waals surface area (Å²) >= 11 is 7.24. The molecule has 120 valence electrons. The van der Waals surface area contributed by atoms with Gasteiger partial charge >= 0.3 is 0 Å². The first-order chi connectivity index (χ1) is 11.7. The molecule has 0 atom stereocenters. The van der Waals surface area contributed by atoms with Crippen LogP contribution in [0.15, 0.2) is 47.4 Å². The van der Waals surface area contributed by atoms with Gasteiger partial charge in [-0.1, -0.05) is 42.5 Å². The normalized spacial score (nSPS) is 12.2. The Kier molecular flexibility index (Phi) is 3.90. The van der Waals surface area contributed by atoms with E-state index in [1.54, 1.807) is 11.8 Å². The van der Waals surface area contributed by atoms with Gasteiger partial charge in [0, 0.05) is 16.9 Å². The van der Waals surface area contributed by atoms with E-state index in [9.17, 15) is 0 Å². The highest BCUT2D eigenvalue weighted by Gasteiger charge is 2.21. The van der Waals surface area contributed by atoms with Crippen LogP contribution in [0.4, 0.5) is 0 Å². The first-order valence-electron chi connectivity index (χ1n) is 7.69. The number of aromatic nitrogens is 2. The molecule has 0 saturated carbocycles. The molecule has 0 aliphatic carbocycles. The smallest absolute Gasteiger partial charge is 0.205 e. The molecule has 2 aromatic carbocycles. The number of fused-ring (bicyclic) bond motifs is 2. The molecule has 5 heteroatoms. The molecule has 24 heavy (non-hydrogen) atoms. The molecule has 0 unspecified atom stereocenters. The van der Waals surface area contributed by atoms with Gasteiger partial charge in [-0.05, 0) is 36.4 Å². The summed E-state index contributed by atoms with van der Waals surface area (Å²) in [5, 5.41) is 0. The number of ether oxygens (including phenoxy) is 1. The van der Waals surface area contributed by atoms with Gasteiger partial charge in [-0.2, -0.15) is 0 Å². The Morgan fingerprint density at radius 3 is 2.71 bits per heavy atom. The zero-order valence-electron chi connectivity index (χ0n) is 13.4. The molecule has 0 amide bonds. The number of aromatic amines is 1. The van der Waals surface area contributed by atoms with E-state index in [1.807, 2.05) is 18.2 Å². The Morgan fingerprint density at radius 1 is 1.17 bits per heavy atom. The van der Waals surface area contributed by atoms with Crippen LogP contribution < -0.4 is 4.74 Å². The summed E-state index contributed by atoms with van der Waals surface area (Å²) in [4.78, 5) is 9.12. The second kappa shape index (κ2) is 6.07. The van der Waals surface area contributed by atoms with Crippen LogP contribution in [-0.4, -0.2) is 16.2 Å². The topological polar surface area (TPSA) is 37.9 Å². The van der Waals surface area contributed by atoms with Crippen LogP contribution in [0, 0.1) is 11.6 Å². The van der Waals surface area contributed by atoms with Crippen molar-refractivity contribution in [2.75, 3.05) is 6.26 Å². The van der Waals surface area contributed by atoms with Crippen LogP contribution in [0.1, 0.15) is 16.7 Å². The SMILES string of the molecule is CSc1ccc(-c2nc(=S)c3c([nH]2)Oc2c(C)cccc2C3)cc1. The zero-order chi connectivity index (χ0) is 16.7. The van der Waals surface area contributed by atoms with Gasteiger partial charge in [-0.3, -0.25) is 0 Å². The molecule has 0 radical (unpaired) electrons. The van der Waals surface area contributed by atoms with Crippen molar-refractivity contribution in [3.63, 3.8) is 0 Å². The van der Waals surface area contributed by atoms with Crippen molar-refractivity contribution in [3.05, 3.63) is 63.8 Å². The van der Waals surface area contributed by atoms with E-state index in [1.165, 1.54) is 4.90 Å². The standard InChI is InChI=1S/C19H16N2OS2/c1-11-4-3-5-13-10-15-18(22-16(11)13)20-17(21-19(15)23)12-6-8-14(24-2)9-7-12/h3-9H,10H2,1-2H3,(H,20,21,23). The van der Waals surface area contributed by atoms with Crippen LogP contribution in [0.2, 0.25) is 0 Å². The number of aryl methyl sites for hydroxylation is 1. The fourth-order valence-corrected chi connectivity index (χ4v) is 3.56. The average Bonchev–Trinajstić information content (AvgIpc) is 2.61. The number of rotatable bonds is 2. The van der Waals surface area contributed by atoms with Gasteiger partial charge in [0.25, 0.3) is 0 Å². The fourth-order valence-electron chi connectivity index (χ4n) is 2.90. The van der Waals surface area contributed by atoms with Gasteiger partial charge in [0.1, 0.15) is 16.2 Å². The number of nitrogens with zero attached hydrogens (tertiary/aromatic N) is 1. The molecule has 3 nitrogen and oxygen atoms in total. The molecular weight excluding hydrogens is 336 g/mol. The summed E-state index contributed by atoms with van der Waals surface area (Å²) in [6.07, 6.45) is 2.81. The van der Waals surface area contributed by atoms with Gasteiger partial charge in [0.15, 0.2) is 0 Å². The molecule has 1 aromatic heterocycles. The lowest BCUT2D eigenvalue weighted by Gasteiger charge is -2.22. The number of benzene rings is 2. The molecule has 0 saturated heterocycles. The third-order valence-electron chi connectivity index (χ3n) is 4.21. The summed E-state index contributed by atoms with van der Waals surface area (Å²) < 4.78 is 6.73. The van der Waals surface area contributed by atoms with Crippen molar-refractivity contribution in [2.24, 2.45) is 0 Å². The van der Waals surface area contributed by atoms with Crippen LogP contribution in [0.5, 0.6) is 11.6 Å². The molecule has 4 rings (SSSR count). The summed E-state index contributed by atoms with van der Waals surface area (Å²) in [5.41, 5.74) is 4.23. The van der Waals surface area contributed by atoms with E-state index in [4.69, 9.17) is 17.0 Å². The first kappa shape index (κ1) is 15.4. The number of hydrogen-bond acceptors (Lipinski definition) is 4. The highest BCUT2D eigenvalue weighted by Crippen LogP contribution is 2.38. The molecule has 0 fully saturated rings. The Labute approximate surface area is 150 Å². The van der Waals surface area contributed by atoms with Crippen LogP contribution in [-0.2, 0) is 6.42 Å². The second-order valence-electron chi connectivity index (χ2n) is 5.77. The van der Waals surface area contributed by atoms with E-state index >= 15 is 0 Å². The van der Waals surface area contributed by atoms with Gasteiger partial charge in [-0.25, -0.2) is 4.98 Å². The number of hydrogen-bond donors (Lipinski definition) is 1. The minimum absolute atomic E-state index is 0.597. The molecule has 1 N–H and O–H groups in total. The summed E-state index contributed by atoms with van der Waals surface area (Å²) in [5.74, 6) is 2.37. The van der Waals surface area contributed by atoms with Gasteiger partial charge in [-0.15, -0.1) is 11.8 Å². The maximum absolute atomic E-state index is 6.13. The van der Waals surface area contributed by atoms with Gasteiger partial charge in [0.2, 0.25) is 5.88 Å². The van der Waals surface area contributed by atoms with Crippen molar-refractivity contribution in [3.8, 4) is 23.0 Å². The third-order valence-corrected chi connectivity index (χ3v) is 5.29. The maximum atomic E-state index is 6.13. The average molecular weight is 352 g/mol. The number of thioether (sulfide) groups is 1. The lowest BCUT2D eigenvalue weighted by Crippen LogP contribution is -2.08. The number of nitrogens with one attached hydrogen (secondary N) is 1. The lowest BCUT2D eigenvalue weighted by molar-refractivity contribution is 0.435. The first-order valence-corrected chi connectivity index (χ1v) is 9.33. The van der Waals surface area contributed by atoms with Crippen molar-refractivity contribution in [1.82, 2.24) is 9.97 Å². The van der Waals surface area contributed by atoms with Crippen LogP contribution in [0.25, 0.3) is 11.4 Å². The number of para-hydroxylation sites is 1. The van der Waals surface area contributed by atoms with Crippen LogP contribution in [0.3, 0.4) is 0 Å². The van der Waals surface area contributed by atoms with Crippen molar-refractivity contribution in [2.45, 2.75) is 18.2 Å². The Bertz CT molecular complexity index is 978.